The minimum atomic E-state index is -0.225. The van der Waals surface area contributed by atoms with E-state index < -0.39 is 0 Å². The maximum Gasteiger partial charge on any atom is 0.222 e. The Labute approximate surface area is 179 Å². The topological polar surface area (TPSA) is 52.7 Å². The van der Waals surface area contributed by atoms with E-state index in [1.54, 1.807) is 12.1 Å². The van der Waals surface area contributed by atoms with Gasteiger partial charge < -0.3 is 15.1 Å². The summed E-state index contributed by atoms with van der Waals surface area (Å²) in [6, 6.07) is 6.75. The van der Waals surface area contributed by atoms with E-state index in [9.17, 15) is 14.0 Å². The number of halogens is 1. The molecule has 2 amide bonds. The first-order chi connectivity index (χ1) is 14.5. The van der Waals surface area contributed by atoms with Gasteiger partial charge in [-0.1, -0.05) is 30.7 Å². The number of carbonyl (C=O) groups excluding carboxylic acids is 2. The number of allylic oxidation sites excluding steroid dienone is 1. The summed E-state index contributed by atoms with van der Waals surface area (Å²) >= 11 is 0. The molecule has 1 aliphatic carbocycles. The molecule has 0 aromatic heterocycles. The first-order valence-corrected chi connectivity index (χ1v) is 11.2. The molecule has 2 aliphatic rings. The van der Waals surface area contributed by atoms with Crippen molar-refractivity contribution >= 4 is 17.5 Å². The van der Waals surface area contributed by atoms with E-state index in [0.717, 1.165) is 19.3 Å². The highest BCUT2D eigenvalue weighted by atomic mass is 19.1. The highest BCUT2D eigenvalue weighted by Crippen LogP contribution is 2.21. The molecule has 1 fully saturated rings. The molecule has 5 nitrogen and oxygen atoms in total. The molecule has 1 N–H and O–H groups in total. The molecule has 30 heavy (non-hydrogen) atoms. The SMILES string of the molecule is C[C@@H](CC(=O)NCCC1=CCCCC1)CC(=O)N1CCN(c2ccccc2F)CC1. The summed E-state index contributed by atoms with van der Waals surface area (Å²) in [5, 5.41) is 3.00. The van der Waals surface area contributed by atoms with Crippen LogP contribution in [0.1, 0.15) is 51.9 Å². The highest BCUT2D eigenvalue weighted by Gasteiger charge is 2.24. The molecule has 1 aliphatic heterocycles. The first-order valence-electron chi connectivity index (χ1n) is 11.2. The Balaban J connectivity index is 1.34. The van der Waals surface area contributed by atoms with Gasteiger partial charge in [-0.05, 0) is 50.2 Å². The van der Waals surface area contributed by atoms with Crippen molar-refractivity contribution in [1.82, 2.24) is 10.2 Å². The molecule has 0 radical (unpaired) electrons. The van der Waals surface area contributed by atoms with Gasteiger partial charge in [0.05, 0.1) is 5.69 Å². The van der Waals surface area contributed by atoms with Crippen molar-refractivity contribution in [3.05, 3.63) is 41.7 Å². The van der Waals surface area contributed by atoms with Crippen molar-refractivity contribution in [1.29, 1.82) is 0 Å². The van der Waals surface area contributed by atoms with Crippen LogP contribution in [0.4, 0.5) is 10.1 Å². The van der Waals surface area contributed by atoms with E-state index >= 15 is 0 Å². The standard InChI is InChI=1S/C24H34FN3O2/c1-19(17-23(29)26-12-11-20-7-3-2-4-8-20)18-24(30)28-15-13-27(14-16-28)22-10-6-5-9-21(22)25/h5-7,9-10,19H,2-4,8,11-18H2,1H3,(H,26,29)/t19-/m0/s1. The maximum absolute atomic E-state index is 14.0. The summed E-state index contributed by atoms with van der Waals surface area (Å²) in [7, 11) is 0. The van der Waals surface area contributed by atoms with Crippen molar-refractivity contribution in [3.8, 4) is 0 Å². The van der Waals surface area contributed by atoms with Gasteiger partial charge in [-0.25, -0.2) is 4.39 Å². The summed E-state index contributed by atoms with van der Waals surface area (Å²) in [5.41, 5.74) is 2.05. The number of nitrogens with zero attached hydrogens (tertiary/aromatic N) is 2. The van der Waals surface area contributed by atoms with Crippen LogP contribution in [0.5, 0.6) is 0 Å². The molecule has 0 bridgehead atoms. The van der Waals surface area contributed by atoms with E-state index in [2.05, 4.69) is 11.4 Å². The fourth-order valence-corrected chi connectivity index (χ4v) is 4.29. The monoisotopic (exact) mass is 415 g/mol. The van der Waals surface area contributed by atoms with Gasteiger partial charge in [-0.15, -0.1) is 0 Å². The van der Waals surface area contributed by atoms with Crippen molar-refractivity contribution in [3.63, 3.8) is 0 Å². The van der Waals surface area contributed by atoms with Crippen LogP contribution in [0.3, 0.4) is 0 Å². The number of amides is 2. The number of piperazine rings is 1. The van der Waals surface area contributed by atoms with Gasteiger partial charge in [-0.2, -0.15) is 0 Å². The minimum absolute atomic E-state index is 0.0102. The van der Waals surface area contributed by atoms with Crippen LogP contribution >= 0.6 is 0 Å². The average Bonchev–Trinajstić information content (AvgIpc) is 2.75. The number of hydrogen-bond donors (Lipinski definition) is 1. The van der Waals surface area contributed by atoms with Gasteiger partial charge in [0, 0.05) is 45.6 Å². The molecule has 1 aromatic rings. The molecule has 0 saturated carbocycles. The number of carbonyl (C=O) groups is 2. The Morgan fingerprint density at radius 1 is 1.10 bits per heavy atom. The van der Waals surface area contributed by atoms with E-state index in [-0.39, 0.29) is 23.5 Å². The second-order valence-corrected chi connectivity index (χ2v) is 8.54. The lowest BCUT2D eigenvalue weighted by Gasteiger charge is -2.36. The van der Waals surface area contributed by atoms with E-state index in [1.807, 2.05) is 22.8 Å². The minimum Gasteiger partial charge on any atom is -0.366 e. The number of nitrogens with one attached hydrogen (secondary N) is 1. The normalized spacial score (nSPS) is 18.0. The van der Waals surface area contributed by atoms with Crippen molar-refractivity contribution < 1.29 is 14.0 Å². The highest BCUT2D eigenvalue weighted by molar-refractivity contribution is 5.79. The molecule has 1 aromatic carbocycles. The number of benzene rings is 1. The van der Waals surface area contributed by atoms with Crippen LogP contribution in [0, 0.1) is 11.7 Å². The lowest BCUT2D eigenvalue weighted by Crippen LogP contribution is -2.49. The Bertz CT molecular complexity index is 757. The van der Waals surface area contributed by atoms with Crippen LogP contribution in [-0.2, 0) is 9.59 Å². The number of rotatable bonds is 8. The molecule has 1 atom stereocenters. The lowest BCUT2D eigenvalue weighted by molar-refractivity contribution is -0.132. The van der Waals surface area contributed by atoms with Crippen LogP contribution in [-0.4, -0.2) is 49.4 Å². The molecule has 164 valence electrons. The van der Waals surface area contributed by atoms with Crippen molar-refractivity contribution in [2.75, 3.05) is 37.6 Å². The zero-order valence-corrected chi connectivity index (χ0v) is 18.0. The molecule has 0 unspecified atom stereocenters. The number of para-hydroxylation sites is 1. The second-order valence-electron chi connectivity index (χ2n) is 8.54. The molecule has 6 heteroatoms. The third-order valence-electron chi connectivity index (χ3n) is 6.04. The van der Waals surface area contributed by atoms with Gasteiger partial charge in [0.25, 0.3) is 0 Å². The quantitative estimate of drug-likeness (QED) is 0.655. The maximum atomic E-state index is 14.0. The molecule has 1 heterocycles. The Hall–Kier alpha value is -2.37. The van der Waals surface area contributed by atoms with Gasteiger partial charge >= 0.3 is 0 Å². The molecule has 1 saturated heterocycles. The smallest absolute Gasteiger partial charge is 0.222 e. The summed E-state index contributed by atoms with van der Waals surface area (Å²) in [4.78, 5) is 28.6. The summed E-state index contributed by atoms with van der Waals surface area (Å²) in [5.74, 6) is -0.111. The van der Waals surface area contributed by atoms with E-state index in [1.165, 1.54) is 24.5 Å². The van der Waals surface area contributed by atoms with Gasteiger partial charge in [0.1, 0.15) is 5.82 Å². The molecule has 3 rings (SSSR count). The zero-order chi connectivity index (χ0) is 21.3. The predicted molar refractivity (Wildman–Crippen MR) is 118 cm³/mol. The van der Waals surface area contributed by atoms with Crippen LogP contribution in [0.2, 0.25) is 0 Å². The fraction of sp³-hybridized carbons (Fsp3) is 0.583. The summed E-state index contributed by atoms with van der Waals surface area (Å²) in [6.45, 7) is 5.05. The summed E-state index contributed by atoms with van der Waals surface area (Å²) < 4.78 is 14.0. The largest absolute Gasteiger partial charge is 0.366 e. The van der Waals surface area contributed by atoms with Crippen molar-refractivity contribution in [2.24, 2.45) is 5.92 Å². The predicted octanol–water partition coefficient (Wildman–Crippen LogP) is 3.90. The second kappa shape index (κ2) is 11.1. The van der Waals surface area contributed by atoms with Crippen molar-refractivity contribution in [2.45, 2.75) is 51.9 Å². The summed E-state index contributed by atoms with van der Waals surface area (Å²) in [6.07, 6.45) is 8.85. The van der Waals surface area contributed by atoms with Gasteiger partial charge in [0.15, 0.2) is 0 Å². The van der Waals surface area contributed by atoms with E-state index in [0.29, 0.717) is 51.3 Å². The zero-order valence-electron chi connectivity index (χ0n) is 18.0. The van der Waals surface area contributed by atoms with Gasteiger partial charge in [0.2, 0.25) is 11.8 Å². The molecular formula is C24H34FN3O2. The average molecular weight is 416 g/mol. The third kappa shape index (κ3) is 6.57. The fourth-order valence-electron chi connectivity index (χ4n) is 4.29. The number of anilines is 1. The molecular weight excluding hydrogens is 381 g/mol. The Morgan fingerprint density at radius 2 is 1.87 bits per heavy atom. The Kier molecular flexibility index (Phi) is 8.29. The molecule has 0 spiro atoms. The number of hydrogen-bond acceptors (Lipinski definition) is 3. The lowest BCUT2D eigenvalue weighted by atomic mass is 9.97. The third-order valence-corrected chi connectivity index (χ3v) is 6.04. The van der Waals surface area contributed by atoms with Crippen LogP contribution in [0.25, 0.3) is 0 Å². The van der Waals surface area contributed by atoms with Crippen LogP contribution < -0.4 is 10.2 Å². The van der Waals surface area contributed by atoms with Gasteiger partial charge in [-0.3, -0.25) is 9.59 Å². The Morgan fingerprint density at radius 3 is 2.57 bits per heavy atom. The first kappa shape index (κ1) is 22.3. The van der Waals surface area contributed by atoms with Crippen LogP contribution in [0.15, 0.2) is 35.9 Å². The van der Waals surface area contributed by atoms with E-state index in [4.69, 9.17) is 0 Å².